The van der Waals surface area contributed by atoms with Crippen LogP contribution in [0.3, 0.4) is 0 Å². The Morgan fingerprint density at radius 2 is 1.83 bits per heavy atom. The van der Waals surface area contributed by atoms with Crippen LogP contribution in [-0.2, 0) is 6.54 Å². The molecule has 1 heterocycles. The van der Waals surface area contributed by atoms with Crippen molar-refractivity contribution in [2.24, 2.45) is 0 Å². The first-order chi connectivity index (χ1) is 8.08. The maximum atomic E-state index is 3.43. The summed E-state index contributed by atoms with van der Waals surface area (Å²) in [6.45, 7) is 10.00. The molecule has 1 unspecified atom stereocenters. The maximum Gasteiger partial charge on any atom is 0.0236 e. The number of rotatable bonds is 3. The lowest BCUT2D eigenvalue weighted by molar-refractivity contribution is 0.248. The van der Waals surface area contributed by atoms with E-state index in [-0.39, 0.29) is 12.4 Å². The van der Waals surface area contributed by atoms with E-state index in [9.17, 15) is 0 Å². The van der Waals surface area contributed by atoms with E-state index in [1.807, 2.05) is 0 Å². The van der Waals surface area contributed by atoms with Gasteiger partial charge in [-0.2, -0.15) is 0 Å². The molecular weight excluding hydrogens is 244 g/mol. The number of hydrogen-bond acceptors (Lipinski definition) is 2. The molecule has 1 N–H and O–H groups in total. The van der Waals surface area contributed by atoms with Gasteiger partial charge >= 0.3 is 0 Å². The normalized spacial score (nSPS) is 19.1. The van der Waals surface area contributed by atoms with Crippen molar-refractivity contribution in [3.05, 3.63) is 34.4 Å². The first-order valence-corrected chi connectivity index (χ1v) is 6.55. The SMILES string of the molecule is Cc1cc(C)c(CN(C)C2CCNC2)cc1C.Cl. The number of aryl methyl sites for hydroxylation is 3. The van der Waals surface area contributed by atoms with Crippen LogP contribution in [0.4, 0.5) is 0 Å². The number of nitrogens with zero attached hydrogens (tertiary/aromatic N) is 1. The fraction of sp³-hybridized carbons (Fsp3) is 0.600. The molecule has 3 heteroatoms. The van der Waals surface area contributed by atoms with Gasteiger partial charge in [0.1, 0.15) is 0 Å². The van der Waals surface area contributed by atoms with Crippen LogP contribution in [0.1, 0.15) is 28.7 Å². The zero-order valence-corrected chi connectivity index (χ0v) is 12.7. The highest BCUT2D eigenvalue weighted by Crippen LogP contribution is 2.18. The van der Waals surface area contributed by atoms with Gasteiger partial charge in [-0.1, -0.05) is 12.1 Å². The highest BCUT2D eigenvalue weighted by atomic mass is 35.5. The molecule has 102 valence electrons. The average molecular weight is 269 g/mol. The molecule has 0 aromatic heterocycles. The zero-order chi connectivity index (χ0) is 12.4. The summed E-state index contributed by atoms with van der Waals surface area (Å²) in [4.78, 5) is 2.48. The number of benzene rings is 1. The number of likely N-dealkylation sites (N-methyl/N-ethyl adjacent to an activating group) is 1. The molecular formula is C15H25ClN2. The summed E-state index contributed by atoms with van der Waals surface area (Å²) in [5, 5.41) is 3.43. The molecule has 1 fully saturated rings. The molecule has 1 aliphatic rings. The molecule has 2 rings (SSSR count). The third-order valence-corrected chi connectivity index (χ3v) is 4.03. The molecule has 0 amide bonds. The molecule has 1 aliphatic heterocycles. The monoisotopic (exact) mass is 268 g/mol. The molecule has 1 saturated heterocycles. The molecule has 1 aromatic carbocycles. The van der Waals surface area contributed by atoms with Crippen molar-refractivity contribution in [2.75, 3.05) is 20.1 Å². The van der Waals surface area contributed by atoms with Crippen LogP contribution in [0.25, 0.3) is 0 Å². The summed E-state index contributed by atoms with van der Waals surface area (Å²) < 4.78 is 0. The Kier molecular flexibility index (Phi) is 5.64. The Balaban J connectivity index is 0.00000162. The van der Waals surface area contributed by atoms with E-state index >= 15 is 0 Å². The summed E-state index contributed by atoms with van der Waals surface area (Å²) in [5.74, 6) is 0. The Bertz CT molecular complexity index is 398. The summed E-state index contributed by atoms with van der Waals surface area (Å²) >= 11 is 0. The first-order valence-electron chi connectivity index (χ1n) is 6.55. The van der Waals surface area contributed by atoms with Crippen molar-refractivity contribution in [3.63, 3.8) is 0 Å². The van der Waals surface area contributed by atoms with E-state index in [4.69, 9.17) is 0 Å². The summed E-state index contributed by atoms with van der Waals surface area (Å²) in [6, 6.07) is 5.37. The molecule has 1 atom stereocenters. The van der Waals surface area contributed by atoms with E-state index in [1.54, 1.807) is 0 Å². The fourth-order valence-electron chi connectivity index (χ4n) is 2.60. The van der Waals surface area contributed by atoms with Crippen molar-refractivity contribution in [1.29, 1.82) is 0 Å². The predicted molar refractivity (Wildman–Crippen MR) is 80.6 cm³/mol. The van der Waals surface area contributed by atoms with Gasteiger partial charge in [-0.15, -0.1) is 12.4 Å². The van der Waals surface area contributed by atoms with Gasteiger partial charge < -0.3 is 5.32 Å². The van der Waals surface area contributed by atoms with Crippen LogP contribution in [-0.4, -0.2) is 31.1 Å². The van der Waals surface area contributed by atoms with Crippen LogP contribution in [0.2, 0.25) is 0 Å². The van der Waals surface area contributed by atoms with Gasteiger partial charge in [0.25, 0.3) is 0 Å². The van der Waals surface area contributed by atoms with E-state index in [0.29, 0.717) is 6.04 Å². The average Bonchev–Trinajstić information content (AvgIpc) is 2.79. The Morgan fingerprint density at radius 1 is 1.17 bits per heavy atom. The van der Waals surface area contributed by atoms with Crippen LogP contribution in [0, 0.1) is 20.8 Å². The largest absolute Gasteiger partial charge is 0.315 e. The number of nitrogens with one attached hydrogen (secondary N) is 1. The second kappa shape index (κ2) is 6.55. The van der Waals surface area contributed by atoms with Gasteiger partial charge in [0.05, 0.1) is 0 Å². The lowest BCUT2D eigenvalue weighted by Gasteiger charge is -2.24. The third-order valence-electron chi connectivity index (χ3n) is 4.03. The van der Waals surface area contributed by atoms with Gasteiger partial charge in [0, 0.05) is 19.1 Å². The second-order valence-electron chi connectivity index (χ2n) is 5.42. The molecule has 2 nitrogen and oxygen atoms in total. The fourth-order valence-corrected chi connectivity index (χ4v) is 2.60. The summed E-state index contributed by atoms with van der Waals surface area (Å²) in [6.07, 6.45) is 1.28. The van der Waals surface area contributed by atoms with Crippen molar-refractivity contribution < 1.29 is 0 Å². The Hall–Kier alpha value is -0.570. The van der Waals surface area contributed by atoms with Gasteiger partial charge in [-0.3, -0.25) is 4.90 Å². The Labute approximate surface area is 117 Å². The topological polar surface area (TPSA) is 15.3 Å². The minimum Gasteiger partial charge on any atom is -0.315 e. The number of halogens is 1. The predicted octanol–water partition coefficient (Wildman–Crippen LogP) is 2.83. The summed E-state index contributed by atoms with van der Waals surface area (Å²) in [7, 11) is 2.24. The Morgan fingerprint density at radius 3 is 2.44 bits per heavy atom. The van der Waals surface area contributed by atoms with Crippen LogP contribution in [0.5, 0.6) is 0 Å². The van der Waals surface area contributed by atoms with Gasteiger partial charge in [-0.25, -0.2) is 0 Å². The molecule has 0 spiro atoms. The van der Waals surface area contributed by atoms with Crippen molar-refractivity contribution >= 4 is 12.4 Å². The van der Waals surface area contributed by atoms with Crippen molar-refractivity contribution in [3.8, 4) is 0 Å². The lowest BCUT2D eigenvalue weighted by Crippen LogP contribution is -2.33. The van der Waals surface area contributed by atoms with Gasteiger partial charge in [-0.05, 0) is 63.0 Å². The molecule has 0 saturated carbocycles. The third kappa shape index (κ3) is 3.47. The quantitative estimate of drug-likeness (QED) is 0.907. The minimum atomic E-state index is 0. The highest BCUT2D eigenvalue weighted by Gasteiger charge is 2.19. The molecule has 18 heavy (non-hydrogen) atoms. The molecule has 0 radical (unpaired) electrons. The minimum absolute atomic E-state index is 0. The maximum absolute atomic E-state index is 3.43. The lowest BCUT2D eigenvalue weighted by atomic mass is 10.00. The van der Waals surface area contributed by atoms with Gasteiger partial charge in [0.2, 0.25) is 0 Å². The molecule has 0 aliphatic carbocycles. The second-order valence-corrected chi connectivity index (χ2v) is 5.42. The van der Waals surface area contributed by atoms with Crippen LogP contribution in [0.15, 0.2) is 12.1 Å². The standard InChI is InChI=1S/C15H24N2.ClH/c1-11-7-13(3)14(8-12(11)2)10-17(4)15-5-6-16-9-15;/h7-8,15-16H,5-6,9-10H2,1-4H3;1H. The van der Waals surface area contributed by atoms with E-state index in [2.05, 4.69) is 50.2 Å². The summed E-state index contributed by atoms with van der Waals surface area (Å²) in [5.41, 5.74) is 5.70. The van der Waals surface area contributed by atoms with Crippen LogP contribution >= 0.6 is 12.4 Å². The first kappa shape index (κ1) is 15.5. The smallest absolute Gasteiger partial charge is 0.0236 e. The number of hydrogen-bond donors (Lipinski definition) is 1. The molecule has 1 aromatic rings. The van der Waals surface area contributed by atoms with E-state index in [0.717, 1.165) is 13.1 Å². The molecule has 0 bridgehead atoms. The van der Waals surface area contributed by atoms with Crippen molar-refractivity contribution in [1.82, 2.24) is 10.2 Å². The van der Waals surface area contributed by atoms with Gasteiger partial charge in [0.15, 0.2) is 0 Å². The van der Waals surface area contributed by atoms with E-state index in [1.165, 1.54) is 35.2 Å². The van der Waals surface area contributed by atoms with Crippen LogP contribution < -0.4 is 5.32 Å². The zero-order valence-electron chi connectivity index (χ0n) is 11.9. The van der Waals surface area contributed by atoms with Crippen molar-refractivity contribution in [2.45, 2.75) is 39.8 Å². The van der Waals surface area contributed by atoms with E-state index < -0.39 is 0 Å². The highest BCUT2D eigenvalue weighted by molar-refractivity contribution is 5.85.